The average Bonchev–Trinajstić information content (AvgIpc) is 3.01. The second-order valence-corrected chi connectivity index (χ2v) is 4.54. The monoisotopic (exact) mass is 256 g/mol. The zero-order valence-corrected chi connectivity index (χ0v) is 10.5. The van der Waals surface area contributed by atoms with Crippen molar-refractivity contribution in [2.24, 2.45) is 0 Å². The third-order valence-electron chi connectivity index (χ3n) is 2.32. The van der Waals surface area contributed by atoms with Crippen LogP contribution in [-0.4, -0.2) is 18.3 Å². The van der Waals surface area contributed by atoms with Crippen LogP contribution in [0.3, 0.4) is 0 Å². The number of anilines is 1. The summed E-state index contributed by atoms with van der Waals surface area (Å²) in [5, 5.41) is 7.50. The molecule has 3 nitrogen and oxygen atoms in total. The van der Waals surface area contributed by atoms with Gasteiger partial charge in [-0.2, -0.15) is 0 Å². The van der Waals surface area contributed by atoms with Gasteiger partial charge >= 0.3 is 0 Å². The van der Waals surface area contributed by atoms with E-state index in [9.17, 15) is 0 Å². The Balaban J connectivity index is 1.97. The van der Waals surface area contributed by atoms with E-state index in [0.717, 1.165) is 5.69 Å². The van der Waals surface area contributed by atoms with Crippen LogP contribution in [0.5, 0.6) is 5.75 Å². The lowest BCUT2D eigenvalue weighted by Crippen LogP contribution is -2.30. The van der Waals surface area contributed by atoms with E-state index >= 15 is 0 Å². The molecule has 1 saturated carbocycles. The van der Waals surface area contributed by atoms with Gasteiger partial charge in [0.1, 0.15) is 5.75 Å². The van der Waals surface area contributed by atoms with Crippen molar-refractivity contribution < 1.29 is 4.74 Å². The summed E-state index contributed by atoms with van der Waals surface area (Å²) in [6, 6.07) is 6.03. The topological polar surface area (TPSA) is 33.3 Å². The summed E-state index contributed by atoms with van der Waals surface area (Å²) in [7, 11) is 1.59. The largest absolute Gasteiger partial charge is 0.495 e. The Morgan fingerprint density at radius 1 is 1.50 bits per heavy atom. The van der Waals surface area contributed by atoms with E-state index in [1.165, 1.54) is 12.8 Å². The van der Waals surface area contributed by atoms with Crippen LogP contribution in [0.4, 0.5) is 5.69 Å². The summed E-state index contributed by atoms with van der Waals surface area (Å²) in [5.41, 5.74) is 0.865. The Morgan fingerprint density at radius 3 is 2.81 bits per heavy atom. The second kappa shape index (κ2) is 4.89. The van der Waals surface area contributed by atoms with Gasteiger partial charge in [0.2, 0.25) is 0 Å². The molecule has 0 heterocycles. The summed E-state index contributed by atoms with van der Waals surface area (Å²) in [5.74, 6) is 0.660. The first-order valence-electron chi connectivity index (χ1n) is 5.10. The molecule has 0 aliphatic heterocycles. The number of methoxy groups -OCH3 is 1. The molecule has 0 aromatic heterocycles. The maximum Gasteiger partial charge on any atom is 0.170 e. The van der Waals surface area contributed by atoms with E-state index in [4.69, 9.17) is 28.6 Å². The minimum Gasteiger partial charge on any atom is -0.495 e. The molecule has 0 unspecified atom stereocenters. The number of nitrogens with one attached hydrogen (secondary N) is 2. The van der Waals surface area contributed by atoms with E-state index in [-0.39, 0.29) is 0 Å². The quantitative estimate of drug-likeness (QED) is 0.815. The normalized spacial score (nSPS) is 14.4. The molecule has 1 fully saturated rings. The van der Waals surface area contributed by atoms with Crippen molar-refractivity contribution in [1.82, 2.24) is 5.32 Å². The lowest BCUT2D eigenvalue weighted by Gasteiger charge is -2.10. The van der Waals surface area contributed by atoms with Gasteiger partial charge in [-0.1, -0.05) is 11.6 Å². The van der Waals surface area contributed by atoms with Crippen LogP contribution in [0.1, 0.15) is 12.8 Å². The molecule has 0 spiro atoms. The van der Waals surface area contributed by atoms with Gasteiger partial charge in [0.25, 0.3) is 0 Å². The Bertz CT molecular complexity index is 407. The van der Waals surface area contributed by atoms with Gasteiger partial charge in [-0.15, -0.1) is 0 Å². The molecule has 5 heteroatoms. The molecule has 0 saturated heterocycles. The van der Waals surface area contributed by atoms with Crippen molar-refractivity contribution >= 4 is 34.6 Å². The van der Waals surface area contributed by atoms with Gasteiger partial charge in [-0.25, -0.2) is 0 Å². The maximum absolute atomic E-state index is 6.00. The van der Waals surface area contributed by atoms with Crippen LogP contribution in [-0.2, 0) is 0 Å². The van der Waals surface area contributed by atoms with Gasteiger partial charge in [-0.05, 0) is 43.3 Å². The highest BCUT2D eigenvalue weighted by atomic mass is 35.5. The van der Waals surface area contributed by atoms with E-state index in [1.807, 2.05) is 12.1 Å². The predicted molar refractivity (Wildman–Crippen MR) is 70.4 cm³/mol. The molecule has 86 valence electrons. The predicted octanol–water partition coefficient (Wildman–Crippen LogP) is 2.80. The summed E-state index contributed by atoms with van der Waals surface area (Å²) < 4.78 is 5.07. The zero-order valence-electron chi connectivity index (χ0n) is 8.92. The third-order valence-corrected chi connectivity index (χ3v) is 2.84. The molecule has 1 aromatic carbocycles. The van der Waals surface area contributed by atoms with Crippen LogP contribution in [0.2, 0.25) is 5.02 Å². The fourth-order valence-electron chi connectivity index (χ4n) is 1.32. The highest BCUT2D eigenvalue weighted by Crippen LogP contribution is 2.27. The molecule has 0 amide bonds. The molecular weight excluding hydrogens is 244 g/mol. The second-order valence-electron chi connectivity index (χ2n) is 3.72. The first-order valence-corrected chi connectivity index (χ1v) is 5.88. The standard InChI is InChI=1S/C11H13ClN2OS/c1-15-10-5-4-8(6-9(10)12)14-11(16)13-7-2-3-7/h4-7H,2-3H2,1H3,(H2,13,14,16). The SMILES string of the molecule is COc1ccc(NC(=S)NC2CC2)cc1Cl. The lowest BCUT2D eigenvalue weighted by molar-refractivity contribution is 0.415. The number of benzene rings is 1. The minimum atomic E-state index is 0.550. The number of thiocarbonyl (C=S) groups is 1. The number of halogens is 1. The van der Waals surface area contributed by atoms with E-state index < -0.39 is 0 Å². The Kier molecular flexibility index (Phi) is 3.51. The molecule has 1 aliphatic carbocycles. The number of hydrogen-bond acceptors (Lipinski definition) is 2. The molecule has 16 heavy (non-hydrogen) atoms. The summed E-state index contributed by atoms with van der Waals surface area (Å²) in [6.45, 7) is 0. The number of hydrogen-bond donors (Lipinski definition) is 2. The van der Waals surface area contributed by atoms with E-state index in [1.54, 1.807) is 13.2 Å². The summed E-state index contributed by atoms with van der Waals surface area (Å²) in [4.78, 5) is 0. The summed E-state index contributed by atoms with van der Waals surface area (Å²) in [6.07, 6.45) is 2.40. The van der Waals surface area contributed by atoms with Gasteiger partial charge in [-0.3, -0.25) is 0 Å². The fraction of sp³-hybridized carbons (Fsp3) is 0.364. The van der Waals surface area contributed by atoms with Crippen molar-refractivity contribution in [3.8, 4) is 5.75 Å². The first-order chi connectivity index (χ1) is 7.69. The van der Waals surface area contributed by atoms with Crippen LogP contribution >= 0.6 is 23.8 Å². The molecule has 1 aromatic rings. The molecule has 0 bridgehead atoms. The zero-order chi connectivity index (χ0) is 11.5. The fourth-order valence-corrected chi connectivity index (χ4v) is 1.87. The van der Waals surface area contributed by atoms with Crippen LogP contribution in [0, 0.1) is 0 Å². The number of ether oxygens (including phenoxy) is 1. The first kappa shape index (κ1) is 11.5. The Morgan fingerprint density at radius 2 is 2.25 bits per heavy atom. The highest BCUT2D eigenvalue weighted by Gasteiger charge is 2.21. The highest BCUT2D eigenvalue weighted by molar-refractivity contribution is 7.80. The van der Waals surface area contributed by atoms with Crippen LogP contribution < -0.4 is 15.4 Å². The van der Waals surface area contributed by atoms with Crippen LogP contribution in [0.25, 0.3) is 0 Å². The smallest absolute Gasteiger partial charge is 0.170 e. The molecule has 0 radical (unpaired) electrons. The molecule has 0 atom stereocenters. The molecule has 1 aliphatic rings. The van der Waals surface area contributed by atoms with Gasteiger partial charge in [0, 0.05) is 11.7 Å². The van der Waals surface area contributed by atoms with Gasteiger partial charge in [0.05, 0.1) is 12.1 Å². The Hall–Kier alpha value is -1.00. The van der Waals surface area contributed by atoms with Crippen molar-refractivity contribution in [2.45, 2.75) is 18.9 Å². The maximum atomic E-state index is 6.00. The Labute approximate surface area is 105 Å². The molecule has 2 rings (SSSR count). The molecular formula is C11H13ClN2OS. The van der Waals surface area contributed by atoms with E-state index in [2.05, 4.69) is 10.6 Å². The van der Waals surface area contributed by atoms with Crippen molar-refractivity contribution in [3.63, 3.8) is 0 Å². The summed E-state index contributed by atoms with van der Waals surface area (Å²) >= 11 is 11.2. The minimum absolute atomic E-state index is 0.550. The van der Waals surface area contributed by atoms with E-state index in [0.29, 0.717) is 21.9 Å². The van der Waals surface area contributed by atoms with Crippen molar-refractivity contribution in [3.05, 3.63) is 23.2 Å². The van der Waals surface area contributed by atoms with Gasteiger partial charge in [0.15, 0.2) is 5.11 Å². The van der Waals surface area contributed by atoms with Crippen LogP contribution in [0.15, 0.2) is 18.2 Å². The van der Waals surface area contributed by atoms with Gasteiger partial charge < -0.3 is 15.4 Å². The third kappa shape index (κ3) is 3.00. The average molecular weight is 257 g/mol. The lowest BCUT2D eigenvalue weighted by atomic mass is 10.3. The number of rotatable bonds is 3. The molecule has 2 N–H and O–H groups in total. The van der Waals surface area contributed by atoms with Crippen molar-refractivity contribution in [1.29, 1.82) is 0 Å². The van der Waals surface area contributed by atoms with Crippen molar-refractivity contribution in [2.75, 3.05) is 12.4 Å².